The predicted molar refractivity (Wildman–Crippen MR) is 113 cm³/mol. The van der Waals surface area contributed by atoms with Gasteiger partial charge in [-0.3, -0.25) is 4.79 Å². The normalized spacial score (nSPS) is 23.2. The Balaban J connectivity index is 1.40. The molecule has 1 aromatic carbocycles. The van der Waals surface area contributed by atoms with Crippen molar-refractivity contribution >= 4 is 11.7 Å². The minimum absolute atomic E-state index is 0.0317. The van der Waals surface area contributed by atoms with E-state index in [4.69, 9.17) is 0 Å². The fourth-order valence-electron chi connectivity index (χ4n) is 4.83. The van der Waals surface area contributed by atoms with Crippen molar-refractivity contribution in [3.8, 4) is 0 Å². The molecule has 3 atom stereocenters. The molecule has 0 unspecified atom stereocenters. The van der Waals surface area contributed by atoms with Gasteiger partial charge in [0.15, 0.2) is 6.04 Å². The van der Waals surface area contributed by atoms with Crippen LogP contribution in [0.1, 0.15) is 55.0 Å². The topological polar surface area (TPSA) is 50.2 Å². The van der Waals surface area contributed by atoms with Gasteiger partial charge in [-0.25, -0.2) is 4.68 Å². The Kier molecular flexibility index (Phi) is 5.75. The third-order valence-corrected chi connectivity index (χ3v) is 6.71. The van der Waals surface area contributed by atoms with Crippen LogP contribution in [0.25, 0.3) is 0 Å². The molecule has 168 valence electrons. The van der Waals surface area contributed by atoms with E-state index < -0.39 is 12.2 Å². The van der Waals surface area contributed by atoms with Crippen LogP contribution in [0.15, 0.2) is 30.3 Å². The summed E-state index contributed by atoms with van der Waals surface area (Å²) >= 11 is 0. The Morgan fingerprint density at radius 2 is 1.81 bits per heavy atom. The fraction of sp³-hybridized carbons (Fsp3) is 0.565. The quantitative estimate of drug-likeness (QED) is 0.753. The zero-order valence-corrected chi connectivity index (χ0v) is 18.1. The van der Waals surface area contributed by atoms with Gasteiger partial charge >= 0.3 is 6.18 Å². The standard InChI is InChI=1S/C23H29F3N4O/c1-14-4-6-17(7-5-14)16(3)22(31)29-10-8-18(9-11-29)19-13-20(23(24,25)26)30-21(27-19)12-15(2)28-30/h4-7,12,16,18-20,27H,8-11,13H2,1-3H3/t16-,19-,20+/m0/s1. The highest BCUT2D eigenvalue weighted by atomic mass is 19.4. The van der Waals surface area contributed by atoms with Crippen molar-refractivity contribution in [2.45, 2.75) is 64.2 Å². The Hall–Kier alpha value is -2.51. The van der Waals surface area contributed by atoms with Gasteiger partial charge in [0.05, 0.1) is 11.6 Å². The van der Waals surface area contributed by atoms with E-state index in [-0.39, 0.29) is 30.2 Å². The molecule has 5 nitrogen and oxygen atoms in total. The van der Waals surface area contributed by atoms with E-state index in [0.29, 0.717) is 37.4 Å². The van der Waals surface area contributed by atoms with E-state index in [0.717, 1.165) is 15.8 Å². The number of hydrogen-bond acceptors (Lipinski definition) is 3. The molecule has 8 heteroatoms. The van der Waals surface area contributed by atoms with E-state index in [1.807, 2.05) is 43.0 Å². The van der Waals surface area contributed by atoms with Crippen LogP contribution in [-0.4, -0.2) is 45.9 Å². The lowest BCUT2D eigenvalue weighted by atomic mass is 9.84. The lowest BCUT2D eigenvalue weighted by Gasteiger charge is -2.41. The minimum Gasteiger partial charge on any atom is -0.367 e. The molecule has 1 fully saturated rings. The lowest BCUT2D eigenvalue weighted by molar-refractivity contribution is -0.174. The van der Waals surface area contributed by atoms with Crippen LogP contribution in [0.4, 0.5) is 19.0 Å². The van der Waals surface area contributed by atoms with Gasteiger partial charge in [0.2, 0.25) is 5.91 Å². The molecule has 0 spiro atoms. The van der Waals surface area contributed by atoms with Gasteiger partial charge in [-0.15, -0.1) is 0 Å². The molecule has 3 heterocycles. The van der Waals surface area contributed by atoms with Crippen LogP contribution < -0.4 is 5.32 Å². The first kappa shape index (κ1) is 21.7. The molecule has 2 aliphatic rings. The number of nitrogens with zero attached hydrogens (tertiary/aromatic N) is 3. The molecule has 1 amide bonds. The number of rotatable bonds is 3. The third-order valence-electron chi connectivity index (χ3n) is 6.71. The number of alkyl halides is 3. The molecular formula is C23H29F3N4O. The Bertz CT molecular complexity index is 929. The zero-order valence-electron chi connectivity index (χ0n) is 18.1. The first-order valence-corrected chi connectivity index (χ1v) is 10.9. The highest BCUT2D eigenvalue weighted by Gasteiger charge is 2.47. The molecule has 2 aromatic rings. The van der Waals surface area contributed by atoms with Crippen LogP contribution in [0.2, 0.25) is 0 Å². The molecule has 4 rings (SSSR count). The lowest BCUT2D eigenvalue weighted by Crippen LogP contribution is -2.47. The summed E-state index contributed by atoms with van der Waals surface area (Å²) in [5, 5.41) is 7.33. The minimum atomic E-state index is -4.34. The van der Waals surface area contributed by atoms with Gasteiger partial charge in [-0.05, 0) is 51.5 Å². The molecule has 31 heavy (non-hydrogen) atoms. The Morgan fingerprint density at radius 1 is 1.16 bits per heavy atom. The van der Waals surface area contributed by atoms with Crippen molar-refractivity contribution in [3.63, 3.8) is 0 Å². The number of amides is 1. The van der Waals surface area contributed by atoms with Gasteiger partial charge in [0, 0.05) is 25.2 Å². The molecular weight excluding hydrogens is 405 g/mol. The maximum Gasteiger partial charge on any atom is 0.410 e. The van der Waals surface area contributed by atoms with Crippen LogP contribution in [-0.2, 0) is 4.79 Å². The highest BCUT2D eigenvalue weighted by molar-refractivity contribution is 5.83. The van der Waals surface area contributed by atoms with Gasteiger partial charge in [0.25, 0.3) is 0 Å². The Morgan fingerprint density at radius 3 is 2.42 bits per heavy atom. The van der Waals surface area contributed by atoms with Gasteiger partial charge in [-0.2, -0.15) is 18.3 Å². The van der Waals surface area contributed by atoms with Gasteiger partial charge < -0.3 is 10.2 Å². The SMILES string of the molecule is Cc1ccc([C@H](C)C(=O)N2CCC([C@@H]3C[C@H](C(F)(F)F)n4nc(C)cc4N3)CC2)cc1. The monoisotopic (exact) mass is 434 g/mol. The second-order valence-corrected chi connectivity index (χ2v) is 8.95. The van der Waals surface area contributed by atoms with E-state index in [9.17, 15) is 18.0 Å². The van der Waals surface area contributed by atoms with E-state index >= 15 is 0 Å². The summed E-state index contributed by atoms with van der Waals surface area (Å²) in [6, 6.07) is 7.77. The van der Waals surface area contributed by atoms with Crippen LogP contribution in [0, 0.1) is 19.8 Å². The smallest absolute Gasteiger partial charge is 0.367 e. The number of carbonyl (C=O) groups excluding carboxylic acids is 1. The predicted octanol–water partition coefficient (Wildman–Crippen LogP) is 4.83. The average molecular weight is 435 g/mol. The number of halogens is 3. The number of nitrogens with one attached hydrogen (secondary N) is 1. The number of hydrogen-bond donors (Lipinski definition) is 1. The molecule has 0 aliphatic carbocycles. The number of benzene rings is 1. The second-order valence-electron chi connectivity index (χ2n) is 8.95. The number of aromatic nitrogens is 2. The molecule has 1 saturated heterocycles. The number of aryl methyl sites for hydroxylation is 2. The van der Waals surface area contributed by atoms with E-state index in [1.165, 1.54) is 0 Å². The highest BCUT2D eigenvalue weighted by Crippen LogP contribution is 2.42. The van der Waals surface area contributed by atoms with Gasteiger partial charge in [0.1, 0.15) is 5.82 Å². The molecule has 1 aromatic heterocycles. The number of anilines is 1. The number of carbonyl (C=O) groups is 1. The maximum atomic E-state index is 13.7. The first-order valence-electron chi connectivity index (χ1n) is 10.9. The summed E-state index contributed by atoms with van der Waals surface area (Å²) in [6.45, 7) is 6.78. The van der Waals surface area contributed by atoms with Crippen molar-refractivity contribution in [2.24, 2.45) is 5.92 Å². The molecule has 0 bridgehead atoms. The average Bonchev–Trinajstić information content (AvgIpc) is 3.11. The summed E-state index contributed by atoms with van der Waals surface area (Å²) in [4.78, 5) is 14.8. The number of likely N-dealkylation sites (tertiary alicyclic amines) is 1. The summed E-state index contributed by atoms with van der Waals surface area (Å²) in [6.07, 6.45) is -2.98. The zero-order chi connectivity index (χ0) is 22.3. The summed E-state index contributed by atoms with van der Waals surface area (Å²) in [7, 11) is 0. The number of piperidine rings is 1. The van der Waals surface area contributed by atoms with Gasteiger partial charge in [-0.1, -0.05) is 29.8 Å². The summed E-state index contributed by atoms with van der Waals surface area (Å²) < 4.78 is 42.1. The van der Waals surface area contributed by atoms with Crippen molar-refractivity contribution in [2.75, 3.05) is 18.4 Å². The van der Waals surface area contributed by atoms with E-state index in [1.54, 1.807) is 13.0 Å². The summed E-state index contributed by atoms with van der Waals surface area (Å²) in [5.41, 5.74) is 2.71. The van der Waals surface area contributed by atoms with Crippen molar-refractivity contribution < 1.29 is 18.0 Å². The van der Waals surface area contributed by atoms with Crippen molar-refractivity contribution in [1.82, 2.24) is 14.7 Å². The Labute approximate surface area is 180 Å². The largest absolute Gasteiger partial charge is 0.410 e. The molecule has 0 saturated carbocycles. The summed E-state index contributed by atoms with van der Waals surface area (Å²) in [5.74, 6) is 0.382. The number of fused-ring (bicyclic) bond motifs is 1. The fourth-order valence-corrected chi connectivity index (χ4v) is 4.83. The third kappa shape index (κ3) is 4.43. The second kappa shape index (κ2) is 8.20. The molecule has 1 N–H and O–H groups in total. The van der Waals surface area contributed by atoms with Crippen molar-refractivity contribution in [1.29, 1.82) is 0 Å². The first-order chi connectivity index (χ1) is 14.6. The van der Waals surface area contributed by atoms with Crippen LogP contribution in [0.3, 0.4) is 0 Å². The molecule has 2 aliphatic heterocycles. The van der Waals surface area contributed by atoms with Crippen LogP contribution >= 0.6 is 0 Å². The van der Waals surface area contributed by atoms with E-state index in [2.05, 4.69) is 10.4 Å². The van der Waals surface area contributed by atoms with Crippen molar-refractivity contribution in [3.05, 3.63) is 47.2 Å². The molecule has 0 radical (unpaired) electrons. The van der Waals surface area contributed by atoms with Crippen LogP contribution in [0.5, 0.6) is 0 Å². The maximum absolute atomic E-state index is 13.7.